The largest absolute Gasteiger partial charge is 0.396 e. The lowest BCUT2D eigenvalue weighted by atomic mass is 9.85. The number of nitrogens with one attached hydrogen (secondary N) is 2. The minimum atomic E-state index is -0.495. The highest BCUT2D eigenvalue weighted by molar-refractivity contribution is 5.69. The first-order valence-corrected chi connectivity index (χ1v) is 6.72. The first-order valence-electron chi connectivity index (χ1n) is 6.72. The van der Waals surface area contributed by atoms with Crippen LogP contribution < -0.4 is 10.6 Å². The lowest BCUT2D eigenvalue weighted by Crippen LogP contribution is -2.34. The molecule has 1 aromatic rings. The predicted molar refractivity (Wildman–Crippen MR) is 74.7 cm³/mol. The van der Waals surface area contributed by atoms with E-state index in [1.165, 1.54) is 6.33 Å². The van der Waals surface area contributed by atoms with E-state index in [1.807, 2.05) is 0 Å². The zero-order valence-corrected chi connectivity index (χ0v) is 11.4. The molecule has 20 heavy (non-hydrogen) atoms. The van der Waals surface area contributed by atoms with Gasteiger partial charge in [-0.1, -0.05) is 12.8 Å². The van der Waals surface area contributed by atoms with Crippen LogP contribution in [0.25, 0.3) is 0 Å². The van der Waals surface area contributed by atoms with Crippen molar-refractivity contribution in [2.45, 2.75) is 31.7 Å². The second kappa shape index (κ2) is 6.47. The fourth-order valence-electron chi connectivity index (χ4n) is 2.63. The molecule has 0 radical (unpaired) electrons. The maximum absolute atomic E-state index is 11.2. The van der Waals surface area contributed by atoms with Gasteiger partial charge in [-0.2, -0.15) is 0 Å². The van der Waals surface area contributed by atoms with E-state index in [1.54, 1.807) is 7.05 Å². The standard InChI is InChI=1S/C12H19N5O3/c1-13-11-10(17(19)20)12(15-7-14-11)16-9-5-3-2-4-8(9)6-18/h7-9,18H,2-6H2,1H3,(H2,13,14,15,16). The highest BCUT2D eigenvalue weighted by Gasteiger charge is 2.29. The van der Waals surface area contributed by atoms with Crippen LogP contribution in [-0.2, 0) is 0 Å². The summed E-state index contributed by atoms with van der Waals surface area (Å²) in [6, 6.07) is 0.00653. The molecule has 1 fully saturated rings. The van der Waals surface area contributed by atoms with E-state index in [9.17, 15) is 15.2 Å². The van der Waals surface area contributed by atoms with E-state index in [-0.39, 0.29) is 35.9 Å². The van der Waals surface area contributed by atoms with E-state index in [0.29, 0.717) is 0 Å². The molecule has 2 atom stereocenters. The monoisotopic (exact) mass is 281 g/mol. The van der Waals surface area contributed by atoms with Crippen LogP contribution in [0.1, 0.15) is 25.7 Å². The molecule has 1 aromatic heterocycles. The zero-order chi connectivity index (χ0) is 14.5. The van der Waals surface area contributed by atoms with Gasteiger partial charge in [0.25, 0.3) is 0 Å². The van der Waals surface area contributed by atoms with E-state index in [2.05, 4.69) is 20.6 Å². The third kappa shape index (κ3) is 2.96. The molecule has 0 spiro atoms. The van der Waals surface area contributed by atoms with Crippen LogP contribution in [0.5, 0.6) is 0 Å². The summed E-state index contributed by atoms with van der Waals surface area (Å²) in [5.74, 6) is 0.500. The van der Waals surface area contributed by atoms with Crippen molar-refractivity contribution >= 4 is 17.3 Å². The molecule has 3 N–H and O–H groups in total. The highest BCUT2D eigenvalue weighted by atomic mass is 16.6. The van der Waals surface area contributed by atoms with Crippen LogP contribution in [-0.4, -0.2) is 39.7 Å². The lowest BCUT2D eigenvalue weighted by Gasteiger charge is -2.31. The van der Waals surface area contributed by atoms with Gasteiger partial charge in [0.1, 0.15) is 6.33 Å². The van der Waals surface area contributed by atoms with Crippen LogP contribution in [0.15, 0.2) is 6.33 Å². The number of anilines is 2. The molecule has 1 aliphatic rings. The third-order valence-electron chi connectivity index (χ3n) is 3.71. The Morgan fingerprint density at radius 3 is 2.75 bits per heavy atom. The second-order valence-electron chi connectivity index (χ2n) is 4.90. The molecule has 0 saturated heterocycles. The van der Waals surface area contributed by atoms with Crippen molar-refractivity contribution in [3.8, 4) is 0 Å². The Morgan fingerprint density at radius 2 is 2.10 bits per heavy atom. The van der Waals surface area contributed by atoms with Crippen molar-refractivity contribution in [2.24, 2.45) is 5.92 Å². The van der Waals surface area contributed by atoms with Gasteiger partial charge in [-0.3, -0.25) is 10.1 Å². The topological polar surface area (TPSA) is 113 Å². The summed E-state index contributed by atoms with van der Waals surface area (Å²) in [6.07, 6.45) is 5.22. The van der Waals surface area contributed by atoms with Gasteiger partial charge >= 0.3 is 5.69 Å². The number of hydrogen-bond donors (Lipinski definition) is 3. The minimum absolute atomic E-state index is 0.00653. The summed E-state index contributed by atoms with van der Waals surface area (Å²) in [7, 11) is 1.58. The Morgan fingerprint density at radius 1 is 1.40 bits per heavy atom. The maximum Gasteiger partial charge on any atom is 0.353 e. The zero-order valence-electron chi connectivity index (χ0n) is 11.4. The van der Waals surface area contributed by atoms with Gasteiger partial charge in [0.15, 0.2) is 0 Å². The van der Waals surface area contributed by atoms with Gasteiger partial charge in [-0.15, -0.1) is 0 Å². The van der Waals surface area contributed by atoms with Gasteiger partial charge in [-0.05, 0) is 12.8 Å². The molecule has 1 heterocycles. The first-order chi connectivity index (χ1) is 9.67. The molecule has 0 amide bonds. The molecule has 0 bridgehead atoms. The smallest absolute Gasteiger partial charge is 0.353 e. The summed E-state index contributed by atoms with van der Waals surface area (Å²) in [5, 5.41) is 26.4. The summed E-state index contributed by atoms with van der Waals surface area (Å²) in [5.41, 5.74) is -0.155. The number of nitro groups is 1. The van der Waals surface area contributed by atoms with Gasteiger partial charge < -0.3 is 15.7 Å². The Hall–Kier alpha value is -1.96. The number of aliphatic hydroxyl groups is 1. The van der Waals surface area contributed by atoms with Crippen molar-refractivity contribution in [2.75, 3.05) is 24.3 Å². The molecule has 1 saturated carbocycles. The predicted octanol–water partition coefficient (Wildman–Crippen LogP) is 1.39. The number of nitrogens with zero attached hydrogens (tertiary/aromatic N) is 3. The van der Waals surface area contributed by atoms with Gasteiger partial charge in [0.05, 0.1) is 4.92 Å². The summed E-state index contributed by atoms with van der Waals surface area (Å²) < 4.78 is 0. The fraction of sp³-hybridized carbons (Fsp3) is 0.667. The quantitative estimate of drug-likeness (QED) is 0.552. The third-order valence-corrected chi connectivity index (χ3v) is 3.71. The number of aliphatic hydroxyl groups excluding tert-OH is 1. The average Bonchev–Trinajstić information content (AvgIpc) is 2.47. The van der Waals surface area contributed by atoms with E-state index in [4.69, 9.17) is 0 Å². The number of rotatable bonds is 5. The summed E-state index contributed by atoms with van der Waals surface area (Å²) in [4.78, 5) is 18.5. The fourth-order valence-corrected chi connectivity index (χ4v) is 2.63. The van der Waals surface area contributed by atoms with Crippen LogP contribution in [0, 0.1) is 16.0 Å². The van der Waals surface area contributed by atoms with Crippen LogP contribution in [0.3, 0.4) is 0 Å². The molecule has 110 valence electrons. The molecular weight excluding hydrogens is 262 g/mol. The highest BCUT2D eigenvalue weighted by Crippen LogP contribution is 2.32. The Labute approximate surface area is 116 Å². The van der Waals surface area contributed by atoms with Gasteiger partial charge in [0.2, 0.25) is 11.6 Å². The Balaban J connectivity index is 2.26. The molecule has 0 aliphatic heterocycles. The molecule has 2 rings (SSSR count). The van der Waals surface area contributed by atoms with Crippen molar-refractivity contribution in [1.82, 2.24) is 9.97 Å². The molecule has 2 unspecified atom stereocenters. The van der Waals surface area contributed by atoms with E-state index < -0.39 is 4.92 Å². The molecule has 8 heteroatoms. The minimum Gasteiger partial charge on any atom is -0.396 e. The van der Waals surface area contributed by atoms with Crippen LogP contribution in [0.2, 0.25) is 0 Å². The number of hydrogen-bond acceptors (Lipinski definition) is 7. The molecule has 0 aromatic carbocycles. The second-order valence-corrected chi connectivity index (χ2v) is 4.90. The maximum atomic E-state index is 11.2. The van der Waals surface area contributed by atoms with Gasteiger partial charge in [-0.25, -0.2) is 9.97 Å². The lowest BCUT2D eigenvalue weighted by molar-refractivity contribution is -0.383. The molecular formula is C12H19N5O3. The van der Waals surface area contributed by atoms with Crippen molar-refractivity contribution in [3.05, 3.63) is 16.4 Å². The number of aromatic nitrogens is 2. The van der Waals surface area contributed by atoms with E-state index >= 15 is 0 Å². The van der Waals surface area contributed by atoms with Crippen LogP contribution >= 0.6 is 0 Å². The van der Waals surface area contributed by atoms with Crippen molar-refractivity contribution in [1.29, 1.82) is 0 Å². The van der Waals surface area contributed by atoms with Crippen molar-refractivity contribution < 1.29 is 10.0 Å². The summed E-state index contributed by atoms with van der Waals surface area (Å²) >= 11 is 0. The SMILES string of the molecule is CNc1ncnc(NC2CCCCC2CO)c1[N+](=O)[O-]. The molecule has 1 aliphatic carbocycles. The average molecular weight is 281 g/mol. The summed E-state index contributed by atoms with van der Waals surface area (Å²) in [6.45, 7) is 0.0788. The Bertz CT molecular complexity index is 482. The normalized spacial score (nSPS) is 22.3. The van der Waals surface area contributed by atoms with Gasteiger partial charge in [0, 0.05) is 25.6 Å². The molecule has 8 nitrogen and oxygen atoms in total. The van der Waals surface area contributed by atoms with Crippen LogP contribution in [0.4, 0.5) is 17.3 Å². The van der Waals surface area contributed by atoms with E-state index in [0.717, 1.165) is 25.7 Å². The first kappa shape index (κ1) is 14.4. The van der Waals surface area contributed by atoms with Crippen molar-refractivity contribution in [3.63, 3.8) is 0 Å². The Kier molecular flexibility index (Phi) is 4.67.